The fourth-order valence-electron chi connectivity index (χ4n) is 2.86. The first-order valence-electron chi connectivity index (χ1n) is 9.13. The van der Waals surface area contributed by atoms with E-state index in [1.165, 1.54) is 4.68 Å². The van der Waals surface area contributed by atoms with Gasteiger partial charge in [0.05, 0.1) is 6.54 Å². The van der Waals surface area contributed by atoms with E-state index >= 15 is 0 Å². The molecule has 0 bridgehead atoms. The molecule has 0 N–H and O–H groups in total. The van der Waals surface area contributed by atoms with Gasteiger partial charge in [-0.15, -0.1) is 5.10 Å². The Balaban J connectivity index is 2.48. The maximum Gasteiger partial charge on any atom is 0.276 e. The standard InChI is InChI=1S/C19H27N5O2/c1-5-22(6-2)18(25)16-17(19(26)23(7-3)8-4)24(21-20-16)14-15-12-10-9-11-13-15/h9-13H,5-8,14H2,1-4H3. The van der Waals surface area contributed by atoms with E-state index in [1.807, 2.05) is 58.0 Å². The summed E-state index contributed by atoms with van der Waals surface area (Å²) in [5.74, 6) is -0.476. The van der Waals surface area contributed by atoms with Crippen LogP contribution in [0.1, 0.15) is 54.2 Å². The van der Waals surface area contributed by atoms with Crippen molar-refractivity contribution in [2.75, 3.05) is 26.2 Å². The van der Waals surface area contributed by atoms with Crippen LogP contribution in [0.5, 0.6) is 0 Å². The first-order chi connectivity index (χ1) is 12.6. The van der Waals surface area contributed by atoms with E-state index in [9.17, 15) is 9.59 Å². The summed E-state index contributed by atoms with van der Waals surface area (Å²) < 4.78 is 1.53. The van der Waals surface area contributed by atoms with E-state index in [1.54, 1.807) is 9.80 Å². The minimum atomic E-state index is -0.259. The molecule has 0 radical (unpaired) electrons. The van der Waals surface area contributed by atoms with Gasteiger partial charge < -0.3 is 9.80 Å². The number of carbonyl (C=O) groups is 2. The van der Waals surface area contributed by atoms with E-state index in [0.29, 0.717) is 32.7 Å². The van der Waals surface area contributed by atoms with Crippen LogP contribution < -0.4 is 0 Å². The highest BCUT2D eigenvalue weighted by Crippen LogP contribution is 2.14. The summed E-state index contributed by atoms with van der Waals surface area (Å²) in [5, 5.41) is 8.20. The Morgan fingerprint density at radius 3 is 1.96 bits per heavy atom. The van der Waals surface area contributed by atoms with Crippen LogP contribution in [0.15, 0.2) is 30.3 Å². The predicted octanol–water partition coefficient (Wildman–Crippen LogP) is 2.29. The van der Waals surface area contributed by atoms with Gasteiger partial charge in [-0.3, -0.25) is 9.59 Å². The van der Waals surface area contributed by atoms with Crippen molar-refractivity contribution in [2.45, 2.75) is 34.2 Å². The van der Waals surface area contributed by atoms with Gasteiger partial charge in [0, 0.05) is 26.2 Å². The van der Waals surface area contributed by atoms with Crippen molar-refractivity contribution in [2.24, 2.45) is 0 Å². The quantitative estimate of drug-likeness (QED) is 0.727. The van der Waals surface area contributed by atoms with E-state index in [0.717, 1.165) is 5.56 Å². The lowest BCUT2D eigenvalue weighted by molar-refractivity contribution is 0.0723. The van der Waals surface area contributed by atoms with Gasteiger partial charge in [0.1, 0.15) is 0 Å². The third kappa shape index (κ3) is 4.09. The fourth-order valence-corrected chi connectivity index (χ4v) is 2.86. The van der Waals surface area contributed by atoms with Crippen molar-refractivity contribution >= 4 is 11.8 Å². The van der Waals surface area contributed by atoms with Crippen LogP contribution in [-0.2, 0) is 6.54 Å². The van der Waals surface area contributed by atoms with Gasteiger partial charge in [-0.2, -0.15) is 0 Å². The van der Waals surface area contributed by atoms with Crippen LogP contribution >= 0.6 is 0 Å². The lowest BCUT2D eigenvalue weighted by Crippen LogP contribution is -2.36. The van der Waals surface area contributed by atoms with E-state index < -0.39 is 0 Å². The highest BCUT2D eigenvalue weighted by atomic mass is 16.2. The second-order valence-corrected chi connectivity index (χ2v) is 5.88. The molecule has 0 saturated carbocycles. The summed E-state index contributed by atoms with van der Waals surface area (Å²) in [5.41, 5.74) is 1.38. The highest BCUT2D eigenvalue weighted by molar-refractivity contribution is 6.04. The van der Waals surface area contributed by atoms with Gasteiger partial charge in [0.25, 0.3) is 11.8 Å². The summed E-state index contributed by atoms with van der Waals surface area (Å²) in [6.07, 6.45) is 0. The van der Waals surface area contributed by atoms with Gasteiger partial charge in [-0.05, 0) is 33.3 Å². The molecule has 2 aromatic rings. The van der Waals surface area contributed by atoms with Crippen molar-refractivity contribution in [1.29, 1.82) is 0 Å². The number of hydrogen-bond donors (Lipinski definition) is 0. The molecule has 26 heavy (non-hydrogen) atoms. The summed E-state index contributed by atoms with van der Waals surface area (Å²) in [6, 6.07) is 9.71. The molecule has 7 heteroatoms. The third-order valence-electron chi connectivity index (χ3n) is 4.42. The van der Waals surface area contributed by atoms with Gasteiger partial charge in [-0.25, -0.2) is 4.68 Å². The summed E-state index contributed by atoms with van der Waals surface area (Å²) in [6.45, 7) is 10.3. The molecule has 0 spiro atoms. The number of rotatable bonds is 8. The molecule has 0 atom stereocenters. The zero-order valence-electron chi connectivity index (χ0n) is 16.0. The zero-order chi connectivity index (χ0) is 19.1. The van der Waals surface area contributed by atoms with Crippen LogP contribution in [0.2, 0.25) is 0 Å². The van der Waals surface area contributed by atoms with Crippen LogP contribution in [0.3, 0.4) is 0 Å². The Morgan fingerprint density at radius 1 is 0.885 bits per heavy atom. The molecular formula is C19H27N5O2. The molecule has 0 unspecified atom stereocenters. The Morgan fingerprint density at radius 2 is 1.42 bits per heavy atom. The molecular weight excluding hydrogens is 330 g/mol. The van der Waals surface area contributed by atoms with E-state index in [2.05, 4.69) is 10.3 Å². The first-order valence-corrected chi connectivity index (χ1v) is 9.13. The lowest BCUT2D eigenvalue weighted by atomic mass is 10.2. The van der Waals surface area contributed by atoms with Gasteiger partial charge in [-0.1, -0.05) is 35.5 Å². The monoisotopic (exact) mass is 357 g/mol. The number of hydrogen-bond acceptors (Lipinski definition) is 4. The smallest absolute Gasteiger partial charge is 0.276 e. The molecule has 2 rings (SSSR count). The van der Waals surface area contributed by atoms with Crippen molar-refractivity contribution in [3.8, 4) is 0 Å². The second kappa shape index (κ2) is 9.12. The minimum Gasteiger partial charge on any atom is -0.338 e. The molecule has 140 valence electrons. The zero-order valence-corrected chi connectivity index (χ0v) is 16.0. The largest absolute Gasteiger partial charge is 0.338 e. The van der Waals surface area contributed by atoms with Crippen molar-refractivity contribution in [3.05, 3.63) is 47.3 Å². The number of nitrogens with zero attached hydrogens (tertiary/aromatic N) is 5. The maximum atomic E-state index is 13.1. The molecule has 1 heterocycles. The van der Waals surface area contributed by atoms with Crippen molar-refractivity contribution in [3.63, 3.8) is 0 Å². The second-order valence-electron chi connectivity index (χ2n) is 5.88. The summed E-state index contributed by atoms with van der Waals surface area (Å²) >= 11 is 0. The molecule has 1 aromatic carbocycles. The Kier molecular flexibility index (Phi) is 6.89. The normalized spacial score (nSPS) is 10.6. The van der Waals surface area contributed by atoms with Gasteiger partial charge in [0.15, 0.2) is 11.4 Å². The Bertz CT molecular complexity index is 734. The van der Waals surface area contributed by atoms with Crippen LogP contribution in [0, 0.1) is 0 Å². The summed E-state index contributed by atoms with van der Waals surface area (Å²) in [7, 11) is 0. The average Bonchev–Trinajstić information content (AvgIpc) is 3.07. The average molecular weight is 357 g/mol. The number of benzene rings is 1. The lowest BCUT2D eigenvalue weighted by Gasteiger charge is -2.21. The Hall–Kier alpha value is -2.70. The molecule has 7 nitrogen and oxygen atoms in total. The maximum absolute atomic E-state index is 13.1. The third-order valence-corrected chi connectivity index (χ3v) is 4.42. The van der Waals surface area contributed by atoms with E-state index in [4.69, 9.17) is 0 Å². The molecule has 0 fully saturated rings. The van der Waals surface area contributed by atoms with Crippen LogP contribution in [0.25, 0.3) is 0 Å². The number of aromatic nitrogens is 3. The van der Waals surface area contributed by atoms with Crippen molar-refractivity contribution in [1.82, 2.24) is 24.8 Å². The van der Waals surface area contributed by atoms with Gasteiger partial charge in [0.2, 0.25) is 0 Å². The molecule has 0 aliphatic heterocycles. The van der Waals surface area contributed by atoms with Crippen LogP contribution in [-0.4, -0.2) is 62.8 Å². The fraction of sp³-hybridized carbons (Fsp3) is 0.474. The SMILES string of the molecule is CCN(CC)C(=O)c1nnn(Cc2ccccc2)c1C(=O)N(CC)CC. The highest BCUT2D eigenvalue weighted by Gasteiger charge is 2.30. The summed E-state index contributed by atoms with van der Waals surface area (Å²) in [4.78, 5) is 29.2. The molecule has 1 aromatic heterocycles. The predicted molar refractivity (Wildman–Crippen MR) is 100 cm³/mol. The molecule has 0 saturated heterocycles. The molecule has 0 aliphatic carbocycles. The van der Waals surface area contributed by atoms with E-state index in [-0.39, 0.29) is 23.2 Å². The number of carbonyl (C=O) groups excluding carboxylic acids is 2. The minimum absolute atomic E-state index is 0.126. The molecule has 0 aliphatic rings. The van der Waals surface area contributed by atoms with Gasteiger partial charge >= 0.3 is 0 Å². The topological polar surface area (TPSA) is 71.3 Å². The number of amides is 2. The van der Waals surface area contributed by atoms with Crippen LogP contribution in [0.4, 0.5) is 0 Å². The molecule has 2 amide bonds. The Labute approximate surface area is 154 Å². The van der Waals surface area contributed by atoms with Crippen molar-refractivity contribution < 1.29 is 9.59 Å². The first kappa shape index (κ1) is 19.6.